The lowest BCUT2D eigenvalue weighted by atomic mass is 10.1. The first-order valence-corrected chi connectivity index (χ1v) is 11.0. The van der Waals surface area contributed by atoms with E-state index in [1.54, 1.807) is 6.33 Å². The summed E-state index contributed by atoms with van der Waals surface area (Å²) < 4.78 is 1.93. The number of halogens is 1. The van der Waals surface area contributed by atoms with Gasteiger partial charge in [-0.2, -0.15) is 5.10 Å². The van der Waals surface area contributed by atoms with E-state index in [0.29, 0.717) is 6.54 Å². The van der Waals surface area contributed by atoms with Gasteiger partial charge in [-0.3, -0.25) is 4.90 Å². The maximum Gasteiger partial charge on any atom is 0.163 e. The van der Waals surface area contributed by atoms with Crippen molar-refractivity contribution in [1.82, 2.24) is 24.6 Å². The van der Waals surface area contributed by atoms with E-state index in [1.165, 1.54) is 11.1 Å². The molecule has 3 heterocycles. The molecule has 1 fully saturated rings. The molecule has 0 radical (unpaired) electrons. The van der Waals surface area contributed by atoms with Crippen LogP contribution in [0.25, 0.3) is 11.0 Å². The van der Waals surface area contributed by atoms with E-state index < -0.39 is 0 Å². The molecule has 31 heavy (non-hydrogen) atoms. The number of rotatable bonds is 5. The minimum absolute atomic E-state index is 0.654. The molecule has 0 amide bonds. The molecule has 0 bridgehead atoms. The maximum absolute atomic E-state index is 6.01. The van der Waals surface area contributed by atoms with Crippen molar-refractivity contribution in [2.45, 2.75) is 20.0 Å². The number of hydrogen-bond donors (Lipinski definition) is 0. The summed E-state index contributed by atoms with van der Waals surface area (Å²) in [5, 5.41) is 6.33. The van der Waals surface area contributed by atoms with E-state index in [2.05, 4.69) is 56.1 Å². The molecular weight excluding hydrogens is 408 g/mol. The highest BCUT2D eigenvalue weighted by Crippen LogP contribution is 2.25. The van der Waals surface area contributed by atoms with Gasteiger partial charge >= 0.3 is 0 Å². The normalized spacial score (nSPS) is 15.0. The van der Waals surface area contributed by atoms with Crippen LogP contribution in [0.2, 0.25) is 5.02 Å². The van der Waals surface area contributed by atoms with E-state index in [4.69, 9.17) is 11.6 Å². The third-order valence-corrected chi connectivity index (χ3v) is 6.24. The molecule has 0 aliphatic carbocycles. The van der Waals surface area contributed by atoms with Crippen LogP contribution < -0.4 is 4.90 Å². The Morgan fingerprint density at radius 2 is 1.68 bits per heavy atom. The first kappa shape index (κ1) is 20.0. The Hall–Kier alpha value is -2.96. The molecule has 0 unspecified atom stereocenters. The van der Waals surface area contributed by atoms with Crippen LogP contribution >= 0.6 is 11.6 Å². The lowest BCUT2D eigenvalue weighted by Crippen LogP contribution is -2.46. The molecule has 1 aliphatic rings. The van der Waals surface area contributed by atoms with E-state index in [0.717, 1.165) is 60.2 Å². The molecule has 6 nitrogen and oxygen atoms in total. The second-order valence-corrected chi connectivity index (χ2v) is 8.49. The van der Waals surface area contributed by atoms with Gasteiger partial charge in [0.1, 0.15) is 12.1 Å². The van der Waals surface area contributed by atoms with Crippen molar-refractivity contribution in [3.8, 4) is 0 Å². The molecule has 5 rings (SSSR count). The average Bonchev–Trinajstić information content (AvgIpc) is 3.20. The summed E-state index contributed by atoms with van der Waals surface area (Å²) in [4.78, 5) is 14.0. The highest BCUT2D eigenvalue weighted by molar-refractivity contribution is 6.30. The van der Waals surface area contributed by atoms with E-state index in [9.17, 15) is 0 Å². The van der Waals surface area contributed by atoms with Gasteiger partial charge in [-0.05, 0) is 35.7 Å². The largest absolute Gasteiger partial charge is 0.353 e. The molecule has 1 aliphatic heterocycles. The topological polar surface area (TPSA) is 50.1 Å². The van der Waals surface area contributed by atoms with Crippen LogP contribution in [0, 0.1) is 6.92 Å². The summed E-state index contributed by atoms with van der Waals surface area (Å²) in [5.74, 6) is 0.975. The SMILES string of the molecule is Cc1ccccc1CN1CCN(c2ncnc3c2cnn3Cc2ccc(Cl)cc2)CC1. The van der Waals surface area contributed by atoms with Crippen LogP contribution in [0.4, 0.5) is 5.82 Å². The molecular formula is C24H25ClN6. The standard InChI is InChI=1S/C24H25ClN6/c1-18-4-2-3-5-20(18)16-29-10-12-30(13-11-29)23-22-14-28-31(24(22)27-17-26-23)15-19-6-8-21(25)9-7-19/h2-9,14,17H,10-13,15-16H2,1H3. The molecule has 0 atom stereocenters. The van der Waals surface area contributed by atoms with Crippen LogP contribution in [0.15, 0.2) is 61.1 Å². The molecule has 0 saturated carbocycles. The second-order valence-electron chi connectivity index (χ2n) is 8.05. The van der Waals surface area contributed by atoms with E-state index >= 15 is 0 Å². The van der Waals surface area contributed by atoms with Crippen molar-refractivity contribution in [1.29, 1.82) is 0 Å². The highest BCUT2D eigenvalue weighted by atomic mass is 35.5. The minimum Gasteiger partial charge on any atom is -0.353 e. The van der Waals surface area contributed by atoms with Gasteiger partial charge in [-0.25, -0.2) is 14.6 Å². The number of aromatic nitrogens is 4. The van der Waals surface area contributed by atoms with Crippen LogP contribution in [0.3, 0.4) is 0 Å². The Balaban J connectivity index is 1.30. The van der Waals surface area contributed by atoms with Crippen molar-refractivity contribution in [2.24, 2.45) is 0 Å². The van der Waals surface area contributed by atoms with Crippen LogP contribution in [0.5, 0.6) is 0 Å². The predicted molar refractivity (Wildman–Crippen MR) is 125 cm³/mol. The molecule has 2 aromatic carbocycles. The molecule has 0 spiro atoms. The van der Waals surface area contributed by atoms with Gasteiger partial charge < -0.3 is 4.90 Å². The number of benzene rings is 2. The zero-order valence-corrected chi connectivity index (χ0v) is 18.3. The second kappa shape index (κ2) is 8.65. The van der Waals surface area contributed by atoms with Gasteiger partial charge in [0.05, 0.1) is 18.1 Å². The van der Waals surface area contributed by atoms with Gasteiger partial charge in [0.15, 0.2) is 5.65 Å². The predicted octanol–water partition coefficient (Wildman–Crippen LogP) is 4.16. The van der Waals surface area contributed by atoms with Gasteiger partial charge in [0.25, 0.3) is 0 Å². The number of hydrogen-bond acceptors (Lipinski definition) is 5. The molecule has 0 N–H and O–H groups in total. The minimum atomic E-state index is 0.654. The zero-order valence-electron chi connectivity index (χ0n) is 17.6. The van der Waals surface area contributed by atoms with Gasteiger partial charge in [0.2, 0.25) is 0 Å². The van der Waals surface area contributed by atoms with Gasteiger partial charge in [-0.1, -0.05) is 48.0 Å². The monoisotopic (exact) mass is 432 g/mol. The fourth-order valence-corrected chi connectivity index (χ4v) is 4.28. The fourth-order valence-electron chi connectivity index (χ4n) is 4.16. The summed E-state index contributed by atoms with van der Waals surface area (Å²) >= 11 is 6.01. The first-order valence-electron chi connectivity index (χ1n) is 10.6. The van der Waals surface area contributed by atoms with E-state index in [-0.39, 0.29) is 0 Å². The Morgan fingerprint density at radius 3 is 2.45 bits per heavy atom. The first-order chi connectivity index (χ1) is 15.2. The van der Waals surface area contributed by atoms with E-state index in [1.807, 2.05) is 35.1 Å². The average molecular weight is 433 g/mol. The Kier molecular flexibility index (Phi) is 5.57. The fraction of sp³-hybridized carbons (Fsp3) is 0.292. The summed E-state index contributed by atoms with van der Waals surface area (Å²) in [6.07, 6.45) is 3.54. The summed E-state index contributed by atoms with van der Waals surface area (Å²) in [5.41, 5.74) is 4.76. The Bertz CT molecular complexity index is 1180. The van der Waals surface area contributed by atoms with Crippen molar-refractivity contribution < 1.29 is 0 Å². The number of nitrogens with zero attached hydrogens (tertiary/aromatic N) is 6. The Labute approximate surface area is 187 Å². The quantitative estimate of drug-likeness (QED) is 0.474. The third-order valence-electron chi connectivity index (χ3n) is 5.99. The number of piperazine rings is 1. The zero-order chi connectivity index (χ0) is 21.2. The van der Waals surface area contributed by atoms with Crippen LogP contribution in [0.1, 0.15) is 16.7 Å². The molecule has 4 aromatic rings. The number of aryl methyl sites for hydroxylation is 1. The van der Waals surface area contributed by atoms with Gasteiger partial charge in [0, 0.05) is 37.7 Å². The summed E-state index contributed by atoms with van der Waals surface area (Å²) in [6.45, 7) is 7.75. The number of fused-ring (bicyclic) bond motifs is 1. The van der Waals surface area contributed by atoms with Crippen molar-refractivity contribution in [3.05, 3.63) is 82.8 Å². The Morgan fingerprint density at radius 1 is 0.903 bits per heavy atom. The smallest absolute Gasteiger partial charge is 0.163 e. The van der Waals surface area contributed by atoms with Crippen molar-refractivity contribution in [3.63, 3.8) is 0 Å². The summed E-state index contributed by atoms with van der Waals surface area (Å²) in [6, 6.07) is 16.5. The van der Waals surface area contributed by atoms with Crippen LogP contribution in [-0.2, 0) is 13.1 Å². The summed E-state index contributed by atoms with van der Waals surface area (Å²) in [7, 11) is 0. The van der Waals surface area contributed by atoms with Gasteiger partial charge in [-0.15, -0.1) is 0 Å². The lowest BCUT2D eigenvalue weighted by molar-refractivity contribution is 0.249. The third kappa shape index (κ3) is 4.27. The molecule has 7 heteroatoms. The lowest BCUT2D eigenvalue weighted by Gasteiger charge is -2.35. The molecule has 2 aromatic heterocycles. The highest BCUT2D eigenvalue weighted by Gasteiger charge is 2.21. The van der Waals surface area contributed by atoms with Crippen molar-refractivity contribution >= 4 is 28.5 Å². The molecule has 1 saturated heterocycles. The number of anilines is 1. The van der Waals surface area contributed by atoms with Crippen molar-refractivity contribution in [2.75, 3.05) is 31.1 Å². The van der Waals surface area contributed by atoms with Crippen LogP contribution in [-0.4, -0.2) is 50.8 Å². The maximum atomic E-state index is 6.01. The molecule has 158 valence electrons.